The summed E-state index contributed by atoms with van der Waals surface area (Å²) >= 11 is 2.67. The second kappa shape index (κ2) is 7.61. The summed E-state index contributed by atoms with van der Waals surface area (Å²) in [7, 11) is 0. The first-order valence-electron chi connectivity index (χ1n) is 7.14. The Hall–Kier alpha value is -1.86. The molecule has 7 heteroatoms. The molecule has 0 atom stereocenters. The molecule has 1 aromatic rings. The summed E-state index contributed by atoms with van der Waals surface area (Å²) in [4.78, 5) is 30.1. The van der Waals surface area contributed by atoms with Gasteiger partial charge in [0.1, 0.15) is 16.4 Å². The van der Waals surface area contributed by atoms with Gasteiger partial charge in [0, 0.05) is 16.2 Å². The smallest absolute Gasteiger partial charge is 0.344 e. The monoisotopic (exact) mass is 351 g/mol. The Labute approximate surface area is 142 Å². The molecule has 2 rings (SSSR count). The number of aliphatic hydroxyl groups excluding tert-OH is 1. The zero-order valence-electron chi connectivity index (χ0n) is 13.1. The van der Waals surface area contributed by atoms with E-state index < -0.39 is 5.97 Å². The van der Waals surface area contributed by atoms with Gasteiger partial charge in [-0.2, -0.15) is 0 Å². The number of hydrogen-bond donors (Lipinski definition) is 1. The Kier molecular flexibility index (Phi) is 5.79. The van der Waals surface area contributed by atoms with E-state index >= 15 is 0 Å². The van der Waals surface area contributed by atoms with Gasteiger partial charge in [-0.25, -0.2) is 9.79 Å². The van der Waals surface area contributed by atoms with Crippen LogP contribution in [0.5, 0.6) is 0 Å². The third-order valence-electron chi connectivity index (χ3n) is 2.93. The zero-order chi connectivity index (χ0) is 17.0. The number of esters is 1. The number of nitrogens with zero attached hydrogens (tertiary/aromatic N) is 1. The maximum absolute atomic E-state index is 12.1. The second-order valence-electron chi connectivity index (χ2n) is 4.67. The van der Waals surface area contributed by atoms with Gasteiger partial charge in [-0.3, -0.25) is 4.79 Å². The fraction of sp³-hybridized carbons (Fsp3) is 0.312. The number of aliphatic hydroxyl groups is 1. The zero-order valence-corrected chi connectivity index (χ0v) is 14.7. The van der Waals surface area contributed by atoms with Crippen LogP contribution in [0.25, 0.3) is 6.08 Å². The largest absolute Gasteiger partial charge is 0.506 e. The van der Waals surface area contributed by atoms with E-state index in [1.165, 1.54) is 0 Å². The normalized spacial score (nSPS) is 18.0. The van der Waals surface area contributed by atoms with Gasteiger partial charge < -0.3 is 9.84 Å². The molecule has 0 aromatic carbocycles. The topological polar surface area (TPSA) is 76.0 Å². The molecule has 1 aliphatic rings. The van der Waals surface area contributed by atoms with E-state index in [9.17, 15) is 14.7 Å². The van der Waals surface area contributed by atoms with Crippen molar-refractivity contribution in [3.63, 3.8) is 0 Å². The number of thioether (sulfide) groups is 1. The van der Waals surface area contributed by atoms with Crippen molar-refractivity contribution in [1.29, 1.82) is 0 Å². The SMILES string of the molecule is CCOC(=O)C1=C(O)/C(=C/c2ccc(C)s2)SC1=NC(=O)CC. The van der Waals surface area contributed by atoms with Gasteiger partial charge in [0.15, 0.2) is 0 Å². The van der Waals surface area contributed by atoms with Crippen LogP contribution < -0.4 is 0 Å². The Bertz CT molecular complexity index is 728. The van der Waals surface area contributed by atoms with Gasteiger partial charge in [-0.15, -0.1) is 11.3 Å². The van der Waals surface area contributed by atoms with E-state index in [-0.39, 0.29) is 35.3 Å². The fourth-order valence-electron chi connectivity index (χ4n) is 1.84. The van der Waals surface area contributed by atoms with Crippen LogP contribution in [-0.2, 0) is 14.3 Å². The van der Waals surface area contributed by atoms with E-state index in [0.717, 1.165) is 21.5 Å². The van der Waals surface area contributed by atoms with Gasteiger partial charge >= 0.3 is 5.97 Å². The Morgan fingerprint density at radius 1 is 1.35 bits per heavy atom. The first kappa shape index (κ1) is 17.5. The number of aryl methyl sites for hydroxylation is 1. The van der Waals surface area contributed by atoms with Gasteiger partial charge in [0.25, 0.3) is 0 Å². The number of thiophene rings is 1. The number of carbonyl (C=O) groups excluding carboxylic acids is 2. The number of aliphatic imine (C=N–C) groups is 1. The number of rotatable bonds is 4. The summed E-state index contributed by atoms with van der Waals surface area (Å²) in [6.45, 7) is 5.53. The molecular formula is C16H17NO4S2. The van der Waals surface area contributed by atoms with Crippen LogP contribution in [0.3, 0.4) is 0 Å². The number of ether oxygens (including phenoxy) is 1. The molecule has 0 unspecified atom stereocenters. The quantitative estimate of drug-likeness (QED) is 0.834. The first-order valence-corrected chi connectivity index (χ1v) is 8.78. The highest BCUT2D eigenvalue weighted by Gasteiger charge is 2.33. The van der Waals surface area contributed by atoms with Crippen LogP contribution in [0.1, 0.15) is 30.0 Å². The van der Waals surface area contributed by atoms with Gasteiger partial charge in [0.2, 0.25) is 5.91 Å². The second-order valence-corrected chi connectivity index (χ2v) is 7.02. The highest BCUT2D eigenvalue weighted by Crippen LogP contribution is 2.39. The molecule has 0 bridgehead atoms. The summed E-state index contributed by atoms with van der Waals surface area (Å²) < 4.78 is 4.96. The molecule has 1 amide bonds. The number of amides is 1. The lowest BCUT2D eigenvalue weighted by molar-refractivity contribution is -0.138. The van der Waals surface area contributed by atoms with Crippen molar-refractivity contribution in [1.82, 2.24) is 0 Å². The average molecular weight is 351 g/mol. The summed E-state index contributed by atoms with van der Waals surface area (Å²) in [5.41, 5.74) is -0.0434. The van der Waals surface area contributed by atoms with Crippen molar-refractivity contribution in [2.24, 2.45) is 4.99 Å². The van der Waals surface area contributed by atoms with Gasteiger partial charge in [0.05, 0.1) is 11.5 Å². The molecule has 1 aromatic heterocycles. The summed E-state index contributed by atoms with van der Waals surface area (Å²) in [6.07, 6.45) is 2.00. The predicted octanol–water partition coefficient (Wildman–Crippen LogP) is 3.85. The number of carbonyl (C=O) groups is 2. The fourth-order valence-corrected chi connectivity index (χ4v) is 3.76. The summed E-state index contributed by atoms with van der Waals surface area (Å²) in [6, 6.07) is 3.90. The third-order valence-corrected chi connectivity index (χ3v) is 4.90. The van der Waals surface area contributed by atoms with Crippen molar-refractivity contribution in [2.45, 2.75) is 27.2 Å². The molecule has 0 spiro atoms. The van der Waals surface area contributed by atoms with Crippen molar-refractivity contribution < 1.29 is 19.4 Å². The maximum Gasteiger partial charge on any atom is 0.344 e. The molecule has 5 nitrogen and oxygen atoms in total. The minimum Gasteiger partial charge on any atom is -0.506 e. The average Bonchev–Trinajstić information content (AvgIpc) is 3.04. The van der Waals surface area contributed by atoms with Crippen molar-refractivity contribution >= 4 is 46.1 Å². The van der Waals surface area contributed by atoms with Crippen LogP contribution in [0.2, 0.25) is 0 Å². The lowest BCUT2D eigenvalue weighted by Gasteiger charge is -2.02. The number of hydrogen-bond acceptors (Lipinski definition) is 6. The molecule has 23 heavy (non-hydrogen) atoms. The molecule has 1 aliphatic heterocycles. The van der Waals surface area contributed by atoms with E-state index in [0.29, 0.717) is 4.91 Å². The maximum atomic E-state index is 12.1. The highest BCUT2D eigenvalue weighted by atomic mass is 32.2. The summed E-state index contributed by atoms with van der Waals surface area (Å²) in [5.74, 6) is -1.22. The first-order chi connectivity index (χ1) is 11.0. The molecule has 0 radical (unpaired) electrons. The van der Waals surface area contributed by atoms with Crippen LogP contribution in [-0.4, -0.2) is 28.6 Å². The molecular weight excluding hydrogens is 334 g/mol. The Morgan fingerprint density at radius 3 is 2.65 bits per heavy atom. The predicted molar refractivity (Wildman–Crippen MR) is 93.6 cm³/mol. The minimum absolute atomic E-state index is 0.0434. The van der Waals surface area contributed by atoms with Crippen molar-refractivity contribution in [3.8, 4) is 0 Å². The van der Waals surface area contributed by atoms with E-state index in [2.05, 4.69) is 4.99 Å². The van der Waals surface area contributed by atoms with Crippen LogP contribution in [0.4, 0.5) is 0 Å². The molecule has 122 valence electrons. The lowest BCUT2D eigenvalue weighted by Crippen LogP contribution is -2.14. The van der Waals surface area contributed by atoms with Crippen LogP contribution >= 0.6 is 23.1 Å². The lowest BCUT2D eigenvalue weighted by atomic mass is 10.2. The molecule has 0 saturated heterocycles. The van der Waals surface area contributed by atoms with E-state index in [4.69, 9.17) is 4.74 Å². The molecule has 0 fully saturated rings. The summed E-state index contributed by atoms with van der Waals surface area (Å²) in [5, 5.41) is 10.6. The standard InChI is InChI=1S/C16H17NO4S2/c1-4-12(18)17-15-13(16(20)21-5-2)14(19)11(23-15)8-10-7-6-9(3)22-10/h6-8,19H,4-5H2,1-3H3/b11-8-,17-15?. The van der Waals surface area contributed by atoms with E-state index in [1.807, 2.05) is 19.1 Å². The van der Waals surface area contributed by atoms with Crippen LogP contribution in [0, 0.1) is 6.92 Å². The van der Waals surface area contributed by atoms with Crippen molar-refractivity contribution in [2.75, 3.05) is 6.61 Å². The molecule has 0 aliphatic carbocycles. The molecule has 0 saturated carbocycles. The van der Waals surface area contributed by atoms with Crippen molar-refractivity contribution in [3.05, 3.63) is 38.1 Å². The third kappa shape index (κ3) is 4.11. The van der Waals surface area contributed by atoms with Gasteiger partial charge in [-0.1, -0.05) is 18.7 Å². The minimum atomic E-state index is -0.675. The Balaban J connectivity index is 2.44. The van der Waals surface area contributed by atoms with Gasteiger partial charge in [-0.05, 0) is 32.1 Å². The molecule has 2 heterocycles. The Morgan fingerprint density at radius 2 is 2.09 bits per heavy atom. The van der Waals surface area contributed by atoms with Crippen LogP contribution in [0.15, 0.2) is 33.4 Å². The molecule has 1 N–H and O–H groups in total. The van der Waals surface area contributed by atoms with E-state index in [1.54, 1.807) is 31.3 Å². The highest BCUT2D eigenvalue weighted by molar-refractivity contribution is 8.18.